The Kier molecular flexibility index (Phi) is 7.25. The number of ether oxygens (including phenoxy) is 1. The van der Waals surface area contributed by atoms with Gasteiger partial charge in [-0.05, 0) is 85.6 Å². The van der Waals surface area contributed by atoms with Gasteiger partial charge in [0.05, 0.1) is 5.69 Å². The van der Waals surface area contributed by atoms with Crippen molar-refractivity contribution in [2.24, 2.45) is 0 Å². The number of hydrogen-bond acceptors (Lipinski definition) is 5. The number of nitrogens with one attached hydrogen (secondary N) is 2. The Balaban J connectivity index is 1.47. The zero-order valence-electron chi connectivity index (χ0n) is 19.2. The van der Waals surface area contributed by atoms with E-state index in [1.54, 1.807) is 37.4 Å². The van der Waals surface area contributed by atoms with Crippen LogP contribution < -0.4 is 15.4 Å². The number of halogens is 4. The van der Waals surface area contributed by atoms with Gasteiger partial charge in [0.1, 0.15) is 5.75 Å². The van der Waals surface area contributed by atoms with Crippen molar-refractivity contribution in [2.75, 3.05) is 10.6 Å². The highest BCUT2D eigenvalue weighted by molar-refractivity contribution is 9.10. The Morgan fingerprint density at radius 3 is 2.31 bits per heavy atom. The Labute approximate surface area is 213 Å². The monoisotopic (exact) mass is 556 g/mol. The fraction of sp³-hybridized carbons (Fsp3) is 0.115. The number of benzene rings is 3. The van der Waals surface area contributed by atoms with Gasteiger partial charge in [-0.3, -0.25) is 4.79 Å². The zero-order chi connectivity index (χ0) is 25.9. The molecule has 6 nitrogen and oxygen atoms in total. The van der Waals surface area contributed by atoms with Gasteiger partial charge in [-0.1, -0.05) is 22.0 Å². The normalized spacial score (nSPS) is 11.2. The van der Waals surface area contributed by atoms with Gasteiger partial charge in [0.15, 0.2) is 0 Å². The Morgan fingerprint density at radius 2 is 1.64 bits per heavy atom. The predicted octanol–water partition coefficient (Wildman–Crippen LogP) is 7.42. The predicted molar refractivity (Wildman–Crippen MR) is 135 cm³/mol. The molecule has 4 rings (SSSR count). The fourth-order valence-corrected chi connectivity index (χ4v) is 3.73. The largest absolute Gasteiger partial charge is 0.573 e. The van der Waals surface area contributed by atoms with Crippen LogP contribution in [0.15, 0.2) is 77.4 Å². The minimum Gasteiger partial charge on any atom is -0.406 e. The van der Waals surface area contributed by atoms with Crippen LogP contribution in [-0.2, 0) is 0 Å². The molecule has 0 saturated carbocycles. The maximum absolute atomic E-state index is 12.6. The molecule has 1 heterocycles. The molecule has 3 aromatic carbocycles. The molecule has 4 aromatic rings. The number of amides is 1. The third-order valence-electron chi connectivity index (χ3n) is 5.18. The second-order valence-corrected chi connectivity index (χ2v) is 8.83. The lowest BCUT2D eigenvalue weighted by Crippen LogP contribution is -2.16. The minimum atomic E-state index is -4.75. The molecular formula is C26H20BrF3N4O2. The quantitative estimate of drug-likeness (QED) is 0.258. The topological polar surface area (TPSA) is 76.1 Å². The average molecular weight is 557 g/mol. The van der Waals surface area contributed by atoms with E-state index in [1.807, 2.05) is 25.1 Å². The molecule has 36 heavy (non-hydrogen) atoms. The zero-order valence-corrected chi connectivity index (χ0v) is 20.7. The van der Waals surface area contributed by atoms with E-state index >= 15 is 0 Å². The van der Waals surface area contributed by atoms with Crippen LogP contribution in [-0.4, -0.2) is 22.2 Å². The van der Waals surface area contributed by atoms with E-state index in [4.69, 9.17) is 0 Å². The van der Waals surface area contributed by atoms with Crippen molar-refractivity contribution in [2.45, 2.75) is 20.2 Å². The lowest BCUT2D eigenvalue weighted by Gasteiger charge is -2.12. The van der Waals surface area contributed by atoms with Gasteiger partial charge >= 0.3 is 6.36 Å². The van der Waals surface area contributed by atoms with Crippen LogP contribution in [0, 0.1) is 13.8 Å². The van der Waals surface area contributed by atoms with Crippen molar-refractivity contribution in [3.8, 4) is 17.0 Å². The molecule has 0 saturated heterocycles. The highest BCUT2D eigenvalue weighted by atomic mass is 79.9. The molecule has 1 amide bonds. The Bertz CT molecular complexity index is 1390. The molecule has 0 bridgehead atoms. The van der Waals surface area contributed by atoms with Crippen LogP contribution >= 0.6 is 15.9 Å². The van der Waals surface area contributed by atoms with Crippen LogP contribution in [0.25, 0.3) is 11.3 Å². The van der Waals surface area contributed by atoms with Crippen LogP contribution in [0.4, 0.5) is 30.5 Å². The number of anilines is 3. The summed E-state index contributed by atoms with van der Waals surface area (Å²) in [5.74, 6) is -0.252. The van der Waals surface area contributed by atoms with Crippen molar-refractivity contribution in [3.63, 3.8) is 0 Å². The van der Waals surface area contributed by atoms with E-state index in [0.717, 1.165) is 21.3 Å². The van der Waals surface area contributed by atoms with Crippen LogP contribution in [0.1, 0.15) is 21.5 Å². The summed E-state index contributed by atoms with van der Waals surface area (Å²) in [5.41, 5.74) is 4.73. The molecular weight excluding hydrogens is 537 g/mol. The number of alkyl halides is 3. The second kappa shape index (κ2) is 10.4. The van der Waals surface area contributed by atoms with Gasteiger partial charge in [-0.2, -0.15) is 0 Å². The summed E-state index contributed by atoms with van der Waals surface area (Å²) in [6.45, 7) is 3.72. The first-order chi connectivity index (χ1) is 17.1. The Hall–Kier alpha value is -3.92. The number of hydrogen-bond donors (Lipinski definition) is 2. The van der Waals surface area contributed by atoms with E-state index in [0.29, 0.717) is 28.5 Å². The number of rotatable bonds is 6. The van der Waals surface area contributed by atoms with E-state index in [1.165, 1.54) is 24.3 Å². The van der Waals surface area contributed by atoms with Gasteiger partial charge < -0.3 is 15.4 Å². The third-order valence-corrected chi connectivity index (χ3v) is 5.68. The molecule has 184 valence electrons. The van der Waals surface area contributed by atoms with Crippen molar-refractivity contribution >= 4 is 39.2 Å². The van der Waals surface area contributed by atoms with Gasteiger partial charge in [0.2, 0.25) is 5.95 Å². The highest BCUT2D eigenvalue weighted by Gasteiger charge is 2.31. The summed E-state index contributed by atoms with van der Waals surface area (Å²) in [5, 5.41) is 5.98. The molecule has 0 spiro atoms. The van der Waals surface area contributed by atoms with Gasteiger partial charge in [0, 0.05) is 33.2 Å². The maximum Gasteiger partial charge on any atom is 0.573 e. The summed E-state index contributed by atoms with van der Waals surface area (Å²) in [6, 6.07) is 17.9. The van der Waals surface area contributed by atoms with E-state index in [9.17, 15) is 18.0 Å². The van der Waals surface area contributed by atoms with Crippen molar-refractivity contribution < 1.29 is 22.7 Å². The van der Waals surface area contributed by atoms with Gasteiger partial charge in [0.25, 0.3) is 5.91 Å². The van der Waals surface area contributed by atoms with Crippen molar-refractivity contribution in [1.29, 1.82) is 0 Å². The molecule has 0 radical (unpaired) electrons. The molecule has 0 aliphatic rings. The molecule has 0 aliphatic heterocycles. The molecule has 0 unspecified atom stereocenters. The lowest BCUT2D eigenvalue weighted by molar-refractivity contribution is -0.274. The first-order valence-electron chi connectivity index (χ1n) is 10.7. The number of aryl methyl sites for hydroxylation is 2. The Morgan fingerprint density at radius 1 is 0.944 bits per heavy atom. The summed E-state index contributed by atoms with van der Waals surface area (Å²) in [4.78, 5) is 21.4. The maximum atomic E-state index is 12.6. The lowest BCUT2D eigenvalue weighted by atomic mass is 10.1. The molecule has 0 fully saturated rings. The van der Waals surface area contributed by atoms with E-state index in [2.05, 4.69) is 41.3 Å². The molecule has 0 atom stereocenters. The number of carbonyl (C=O) groups is 1. The van der Waals surface area contributed by atoms with Crippen LogP contribution in [0.5, 0.6) is 5.75 Å². The summed E-state index contributed by atoms with van der Waals surface area (Å²) < 4.78 is 42.0. The first kappa shape index (κ1) is 25.2. The second-order valence-electron chi connectivity index (χ2n) is 7.91. The molecule has 1 aromatic heterocycles. The highest BCUT2D eigenvalue weighted by Crippen LogP contribution is 2.28. The van der Waals surface area contributed by atoms with Crippen molar-refractivity contribution in [1.82, 2.24) is 9.97 Å². The third kappa shape index (κ3) is 6.39. The van der Waals surface area contributed by atoms with Gasteiger partial charge in [-0.25, -0.2) is 9.97 Å². The molecule has 0 aliphatic carbocycles. The molecule has 2 N–H and O–H groups in total. The van der Waals surface area contributed by atoms with Crippen LogP contribution in [0.3, 0.4) is 0 Å². The molecule has 10 heteroatoms. The average Bonchev–Trinajstić information content (AvgIpc) is 2.83. The number of carbonyl (C=O) groups excluding carboxylic acids is 1. The summed E-state index contributed by atoms with van der Waals surface area (Å²) in [7, 11) is 0. The van der Waals surface area contributed by atoms with E-state index < -0.39 is 6.36 Å². The first-order valence-corrected chi connectivity index (χ1v) is 11.5. The van der Waals surface area contributed by atoms with Crippen molar-refractivity contribution in [3.05, 3.63) is 94.1 Å². The van der Waals surface area contributed by atoms with Gasteiger partial charge in [-0.15, -0.1) is 13.2 Å². The summed E-state index contributed by atoms with van der Waals surface area (Å²) in [6.07, 6.45) is -3.13. The summed E-state index contributed by atoms with van der Waals surface area (Å²) >= 11 is 3.40. The number of aromatic nitrogens is 2. The number of nitrogens with zero attached hydrogens (tertiary/aromatic N) is 2. The van der Waals surface area contributed by atoms with Crippen LogP contribution in [0.2, 0.25) is 0 Å². The fourth-order valence-electron chi connectivity index (χ4n) is 3.37. The standard InChI is InChI=1S/C26H20BrF3N4O2/c1-15-3-8-19(27)13-22(15)33-24(35)18-4-9-20(10-5-18)32-25-31-14-16(2)23(34-25)17-6-11-21(12-7-17)36-26(28,29)30/h3-14H,1-2H3,(H,33,35)(H,31,32,34). The SMILES string of the molecule is Cc1ccc(Br)cc1NC(=O)c1ccc(Nc2ncc(C)c(-c3ccc(OC(F)(F)F)cc3)n2)cc1. The minimum absolute atomic E-state index is 0.241. The smallest absolute Gasteiger partial charge is 0.406 e. The van der Waals surface area contributed by atoms with E-state index in [-0.39, 0.29) is 11.7 Å².